The third-order valence-electron chi connectivity index (χ3n) is 5.27. The standard InChI is InChI=1S/C25H24N2O2/c1-17(19-12-7-9-15-23(19)29-2)27-24(18-10-4-3-5-11-18)25(28)21-16-26-22-14-8-6-13-20(21)22/h3-17,24,26-27H,1-2H3/t17-,24-/m0/s1. The molecular formula is C25H24N2O2. The summed E-state index contributed by atoms with van der Waals surface area (Å²) in [5.74, 6) is 0.842. The number of ketones is 1. The van der Waals surface area contributed by atoms with E-state index in [1.807, 2.05) is 78.9 Å². The second-order valence-corrected chi connectivity index (χ2v) is 7.09. The molecule has 0 bridgehead atoms. The fraction of sp³-hybridized carbons (Fsp3) is 0.160. The van der Waals surface area contributed by atoms with Gasteiger partial charge in [-0.05, 0) is 24.6 Å². The van der Waals surface area contributed by atoms with Crippen molar-refractivity contribution in [2.75, 3.05) is 7.11 Å². The normalized spacial score (nSPS) is 13.2. The Hall–Kier alpha value is -3.37. The Balaban J connectivity index is 1.72. The summed E-state index contributed by atoms with van der Waals surface area (Å²) in [7, 11) is 1.66. The number of aromatic amines is 1. The lowest BCUT2D eigenvalue weighted by molar-refractivity contribution is 0.0938. The number of Topliss-reactive ketones (excluding diaryl/α,β-unsaturated/α-hetero) is 1. The maximum absolute atomic E-state index is 13.6. The molecule has 2 atom stereocenters. The highest BCUT2D eigenvalue weighted by Gasteiger charge is 2.26. The average Bonchev–Trinajstić information content (AvgIpc) is 3.21. The van der Waals surface area contributed by atoms with E-state index in [9.17, 15) is 4.79 Å². The fourth-order valence-corrected chi connectivity index (χ4v) is 3.76. The summed E-state index contributed by atoms with van der Waals surface area (Å²) in [6, 6.07) is 25.1. The Labute approximate surface area is 170 Å². The molecule has 0 saturated heterocycles. The largest absolute Gasteiger partial charge is 0.496 e. The smallest absolute Gasteiger partial charge is 0.186 e. The Morgan fingerprint density at radius 3 is 2.41 bits per heavy atom. The van der Waals surface area contributed by atoms with Gasteiger partial charge in [0.2, 0.25) is 0 Å². The van der Waals surface area contributed by atoms with Crippen LogP contribution in [-0.4, -0.2) is 17.9 Å². The van der Waals surface area contributed by atoms with Crippen LogP contribution in [0.2, 0.25) is 0 Å². The van der Waals surface area contributed by atoms with Gasteiger partial charge in [0.15, 0.2) is 5.78 Å². The van der Waals surface area contributed by atoms with Gasteiger partial charge in [-0.2, -0.15) is 0 Å². The van der Waals surface area contributed by atoms with Gasteiger partial charge >= 0.3 is 0 Å². The quantitative estimate of drug-likeness (QED) is 0.417. The van der Waals surface area contributed by atoms with Crippen molar-refractivity contribution in [1.82, 2.24) is 10.3 Å². The third-order valence-corrected chi connectivity index (χ3v) is 5.27. The molecule has 4 heteroatoms. The number of nitrogens with one attached hydrogen (secondary N) is 2. The molecule has 0 saturated carbocycles. The van der Waals surface area contributed by atoms with Crippen LogP contribution in [0.15, 0.2) is 85.1 Å². The van der Waals surface area contributed by atoms with Crippen molar-refractivity contribution in [2.45, 2.75) is 19.0 Å². The maximum atomic E-state index is 13.6. The summed E-state index contributed by atoms with van der Waals surface area (Å²) in [5.41, 5.74) is 3.60. The van der Waals surface area contributed by atoms with Crippen molar-refractivity contribution in [3.05, 3.63) is 102 Å². The molecule has 4 aromatic rings. The zero-order chi connectivity index (χ0) is 20.2. The molecule has 1 heterocycles. The van der Waals surface area contributed by atoms with E-state index in [1.54, 1.807) is 13.3 Å². The molecule has 0 aliphatic rings. The van der Waals surface area contributed by atoms with Crippen molar-refractivity contribution in [3.8, 4) is 5.75 Å². The van der Waals surface area contributed by atoms with Crippen molar-refractivity contribution in [2.24, 2.45) is 0 Å². The van der Waals surface area contributed by atoms with E-state index in [-0.39, 0.29) is 11.8 Å². The van der Waals surface area contributed by atoms with Crippen molar-refractivity contribution in [3.63, 3.8) is 0 Å². The van der Waals surface area contributed by atoms with Gasteiger partial charge in [-0.1, -0.05) is 66.7 Å². The van der Waals surface area contributed by atoms with Crippen LogP contribution in [0.25, 0.3) is 10.9 Å². The number of aromatic nitrogens is 1. The molecule has 0 amide bonds. The second kappa shape index (κ2) is 8.33. The van der Waals surface area contributed by atoms with Crippen LogP contribution in [0.4, 0.5) is 0 Å². The van der Waals surface area contributed by atoms with Crippen molar-refractivity contribution >= 4 is 16.7 Å². The van der Waals surface area contributed by atoms with E-state index in [4.69, 9.17) is 4.74 Å². The summed E-state index contributed by atoms with van der Waals surface area (Å²) in [6.07, 6.45) is 1.80. The number of hydrogen-bond acceptors (Lipinski definition) is 3. The van der Waals surface area contributed by atoms with Gasteiger partial charge in [0, 0.05) is 34.3 Å². The summed E-state index contributed by atoms with van der Waals surface area (Å²) in [6.45, 7) is 2.05. The molecule has 2 N–H and O–H groups in total. The number of para-hydroxylation sites is 2. The molecule has 0 unspecified atom stereocenters. The summed E-state index contributed by atoms with van der Waals surface area (Å²) < 4.78 is 5.51. The zero-order valence-corrected chi connectivity index (χ0v) is 16.6. The number of carbonyl (C=O) groups is 1. The van der Waals surface area contributed by atoms with Gasteiger partial charge < -0.3 is 9.72 Å². The first kappa shape index (κ1) is 19.0. The number of H-pyrrole nitrogens is 1. The Bertz CT molecular complexity index is 1120. The monoisotopic (exact) mass is 384 g/mol. The molecule has 0 spiro atoms. The second-order valence-electron chi connectivity index (χ2n) is 7.09. The van der Waals surface area contributed by atoms with E-state index >= 15 is 0 Å². The minimum Gasteiger partial charge on any atom is -0.496 e. The Morgan fingerprint density at radius 2 is 1.62 bits per heavy atom. The minimum atomic E-state index is -0.477. The molecule has 0 radical (unpaired) electrons. The van der Waals surface area contributed by atoms with Crippen molar-refractivity contribution < 1.29 is 9.53 Å². The highest BCUT2D eigenvalue weighted by atomic mass is 16.5. The average molecular weight is 384 g/mol. The van der Waals surface area contributed by atoms with E-state index in [2.05, 4.69) is 17.2 Å². The Kier molecular flexibility index (Phi) is 5.45. The molecule has 0 fully saturated rings. The minimum absolute atomic E-state index is 0.0374. The molecule has 0 aliphatic heterocycles. The first-order chi connectivity index (χ1) is 14.2. The molecule has 0 aliphatic carbocycles. The van der Waals surface area contributed by atoms with E-state index in [1.165, 1.54) is 0 Å². The van der Waals surface area contributed by atoms with Crippen LogP contribution >= 0.6 is 0 Å². The summed E-state index contributed by atoms with van der Waals surface area (Å²) in [4.78, 5) is 16.8. The number of rotatable bonds is 7. The summed E-state index contributed by atoms with van der Waals surface area (Å²) >= 11 is 0. The van der Waals surface area contributed by atoms with E-state index < -0.39 is 6.04 Å². The molecule has 146 valence electrons. The number of benzene rings is 3. The number of methoxy groups -OCH3 is 1. The van der Waals surface area contributed by atoms with Crippen LogP contribution in [0.1, 0.15) is 40.5 Å². The lowest BCUT2D eigenvalue weighted by Gasteiger charge is -2.24. The molecule has 4 nitrogen and oxygen atoms in total. The predicted octanol–water partition coefficient (Wildman–Crippen LogP) is 5.45. The molecule has 3 aromatic carbocycles. The van der Waals surface area contributed by atoms with Gasteiger partial charge in [-0.25, -0.2) is 0 Å². The third kappa shape index (κ3) is 3.80. The highest BCUT2D eigenvalue weighted by molar-refractivity contribution is 6.10. The lowest BCUT2D eigenvalue weighted by Crippen LogP contribution is -2.31. The van der Waals surface area contributed by atoms with Crippen LogP contribution in [-0.2, 0) is 0 Å². The van der Waals surface area contributed by atoms with Crippen LogP contribution in [0, 0.1) is 0 Å². The van der Waals surface area contributed by atoms with Gasteiger partial charge in [0.1, 0.15) is 5.75 Å². The number of fused-ring (bicyclic) bond motifs is 1. The lowest BCUT2D eigenvalue weighted by atomic mass is 9.95. The summed E-state index contributed by atoms with van der Waals surface area (Å²) in [5, 5.41) is 4.47. The zero-order valence-electron chi connectivity index (χ0n) is 16.6. The topological polar surface area (TPSA) is 54.1 Å². The number of ether oxygens (including phenoxy) is 1. The molecule has 4 rings (SSSR count). The van der Waals surface area contributed by atoms with Gasteiger partial charge in [-0.15, -0.1) is 0 Å². The first-order valence-corrected chi connectivity index (χ1v) is 9.73. The van der Waals surface area contributed by atoms with Crippen LogP contribution < -0.4 is 10.1 Å². The van der Waals surface area contributed by atoms with Crippen LogP contribution in [0.3, 0.4) is 0 Å². The predicted molar refractivity (Wildman–Crippen MR) is 116 cm³/mol. The van der Waals surface area contributed by atoms with E-state index in [0.29, 0.717) is 5.56 Å². The molecule has 29 heavy (non-hydrogen) atoms. The first-order valence-electron chi connectivity index (χ1n) is 9.73. The number of carbonyl (C=O) groups excluding carboxylic acids is 1. The van der Waals surface area contributed by atoms with Gasteiger partial charge in [0.25, 0.3) is 0 Å². The highest BCUT2D eigenvalue weighted by Crippen LogP contribution is 2.30. The molecular weight excluding hydrogens is 360 g/mol. The van der Waals surface area contributed by atoms with Crippen LogP contribution in [0.5, 0.6) is 5.75 Å². The van der Waals surface area contributed by atoms with E-state index in [0.717, 1.165) is 27.8 Å². The van der Waals surface area contributed by atoms with Gasteiger partial charge in [-0.3, -0.25) is 10.1 Å². The Morgan fingerprint density at radius 1 is 0.931 bits per heavy atom. The SMILES string of the molecule is COc1ccccc1[C@H](C)N[C@H](C(=O)c1c[nH]c2ccccc12)c1ccccc1. The van der Waals surface area contributed by atoms with Gasteiger partial charge in [0.05, 0.1) is 13.2 Å². The van der Waals surface area contributed by atoms with Crippen molar-refractivity contribution in [1.29, 1.82) is 0 Å². The fourth-order valence-electron chi connectivity index (χ4n) is 3.76. The maximum Gasteiger partial charge on any atom is 0.186 e. The molecule has 1 aromatic heterocycles. The number of hydrogen-bond donors (Lipinski definition) is 2.